The number of carbonyl (C=O) groups is 1. The van der Waals surface area contributed by atoms with Crippen LogP contribution in [0.3, 0.4) is 0 Å². The molecule has 2 heterocycles. The summed E-state index contributed by atoms with van der Waals surface area (Å²) >= 11 is 13.9. The van der Waals surface area contributed by atoms with Gasteiger partial charge in [-0.25, -0.2) is 9.97 Å². The van der Waals surface area contributed by atoms with E-state index in [0.717, 1.165) is 63.8 Å². The molecule has 1 aliphatic carbocycles. The van der Waals surface area contributed by atoms with Crippen LogP contribution in [0.25, 0.3) is 20.3 Å². The van der Waals surface area contributed by atoms with Gasteiger partial charge in [-0.2, -0.15) is 0 Å². The molecule has 0 aliphatic heterocycles. The number of thiophene rings is 1. The Labute approximate surface area is 205 Å². The maximum Gasteiger partial charge on any atom is 0.304 e. The van der Waals surface area contributed by atoms with Crippen molar-refractivity contribution in [1.82, 2.24) is 9.97 Å². The van der Waals surface area contributed by atoms with E-state index in [9.17, 15) is 9.90 Å². The van der Waals surface area contributed by atoms with E-state index in [0.29, 0.717) is 22.4 Å². The zero-order valence-corrected chi connectivity index (χ0v) is 20.2. The molecule has 1 saturated carbocycles. The summed E-state index contributed by atoms with van der Waals surface area (Å²) in [7, 11) is 0. The molecule has 1 aliphatic rings. The van der Waals surface area contributed by atoms with Gasteiger partial charge >= 0.3 is 5.97 Å². The number of carboxylic acid groups (broad SMARTS) is 1. The molecule has 5 nitrogen and oxygen atoms in total. The van der Waals surface area contributed by atoms with E-state index in [2.05, 4.69) is 17.4 Å². The van der Waals surface area contributed by atoms with Crippen LogP contribution in [0.4, 0.5) is 5.82 Å². The average molecular weight is 500 g/mol. The Kier molecular flexibility index (Phi) is 6.16. The molecule has 1 fully saturated rings. The maximum absolute atomic E-state index is 11.8. The van der Waals surface area contributed by atoms with E-state index in [-0.39, 0.29) is 6.42 Å². The van der Waals surface area contributed by atoms with Crippen LogP contribution < -0.4 is 5.32 Å². The summed E-state index contributed by atoms with van der Waals surface area (Å²) in [5.41, 5.74) is 0.448. The van der Waals surface area contributed by atoms with Crippen LogP contribution in [-0.4, -0.2) is 21.0 Å². The number of hydrogen-bond donors (Lipinski definition) is 2. The van der Waals surface area contributed by atoms with Crippen LogP contribution in [0.1, 0.15) is 49.9 Å². The lowest BCUT2D eigenvalue weighted by atomic mass is 9.71. The van der Waals surface area contributed by atoms with Crippen molar-refractivity contribution in [2.24, 2.45) is 0 Å². The fourth-order valence-corrected chi connectivity index (χ4v) is 6.22. The van der Waals surface area contributed by atoms with Crippen molar-refractivity contribution < 1.29 is 9.90 Å². The van der Waals surface area contributed by atoms with E-state index >= 15 is 0 Å². The van der Waals surface area contributed by atoms with E-state index in [1.807, 2.05) is 24.3 Å². The van der Waals surface area contributed by atoms with E-state index in [1.54, 1.807) is 17.4 Å². The number of fused-ring (bicyclic) bond motifs is 3. The van der Waals surface area contributed by atoms with E-state index < -0.39 is 11.4 Å². The molecule has 33 heavy (non-hydrogen) atoms. The summed E-state index contributed by atoms with van der Waals surface area (Å²) in [5, 5.41) is 16.3. The predicted molar refractivity (Wildman–Crippen MR) is 136 cm³/mol. The third kappa shape index (κ3) is 4.39. The Bertz CT molecular complexity index is 1350. The predicted octanol–water partition coefficient (Wildman–Crippen LogP) is 7.44. The molecule has 0 unspecified atom stereocenters. The molecule has 2 aromatic heterocycles. The molecule has 4 aromatic rings. The van der Waals surface area contributed by atoms with Gasteiger partial charge in [0.05, 0.1) is 21.9 Å². The Morgan fingerprint density at radius 2 is 1.85 bits per heavy atom. The summed E-state index contributed by atoms with van der Waals surface area (Å²) in [4.78, 5) is 22.7. The summed E-state index contributed by atoms with van der Waals surface area (Å²) in [6.45, 7) is 0.512. The minimum absolute atomic E-state index is 0.0512. The van der Waals surface area contributed by atoms with Crippen molar-refractivity contribution in [2.75, 3.05) is 5.32 Å². The van der Waals surface area contributed by atoms with Crippen LogP contribution in [0, 0.1) is 0 Å². The molecule has 5 rings (SSSR count). The highest BCUT2D eigenvalue weighted by Gasteiger charge is 2.39. The van der Waals surface area contributed by atoms with Gasteiger partial charge < -0.3 is 10.4 Å². The zero-order valence-electron chi connectivity index (χ0n) is 17.9. The smallest absolute Gasteiger partial charge is 0.304 e. The van der Waals surface area contributed by atoms with Crippen LogP contribution in [0.15, 0.2) is 42.5 Å². The van der Waals surface area contributed by atoms with Gasteiger partial charge in [0.1, 0.15) is 16.5 Å². The van der Waals surface area contributed by atoms with Crippen molar-refractivity contribution in [3.05, 3.63) is 63.9 Å². The van der Waals surface area contributed by atoms with E-state index in [1.165, 1.54) is 0 Å². The molecule has 0 atom stereocenters. The van der Waals surface area contributed by atoms with E-state index in [4.69, 9.17) is 33.2 Å². The first-order chi connectivity index (χ1) is 15.9. The second-order valence-electron chi connectivity index (χ2n) is 8.69. The summed E-state index contributed by atoms with van der Waals surface area (Å²) in [6.07, 6.45) is 4.74. The first-order valence-corrected chi connectivity index (χ1v) is 12.6. The second-order valence-corrected chi connectivity index (χ2v) is 10.5. The van der Waals surface area contributed by atoms with Gasteiger partial charge in [0.25, 0.3) is 0 Å². The third-order valence-electron chi connectivity index (χ3n) is 6.46. The van der Waals surface area contributed by atoms with Crippen LogP contribution >= 0.6 is 34.5 Å². The maximum atomic E-state index is 11.8. The van der Waals surface area contributed by atoms with Crippen LogP contribution in [-0.2, 0) is 16.8 Å². The largest absolute Gasteiger partial charge is 0.481 e. The minimum Gasteiger partial charge on any atom is -0.481 e. The number of nitrogens with one attached hydrogen (secondary N) is 1. The molecule has 2 N–H and O–H groups in total. The van der Waals surface area contributed by atoms with Gasteiger partial charge in [-0.1, -0.05) is 66.7 Å². The monoisotopic (exact) mass is 499 g/mol. The molecule has 8 heteroatoms. The highest BCUT2D eigenvalue weighted by atomic mass is 35.5. The standard InChI is InChI=1S/C25H23Cl2N3O2S/c26-17-9-8-15(12-18(17)27)14-28-22-21-16-6-2-3-7-19(16)33-23(21)30-24(29-22)25(13-20(31)32)10-4-1-5-11-25/h2-3,6-9,12H,1,4-5,10-11,13-14H2,(H,31,32)(H,28,29,30). The number of benzene rings is 2. The lowest BCUT2D eigenvalue weighted by molar-refractivity contribution is -0.139. The highest BCUT2D eigenvalue weighted by molar-refractivity contribution is 7.25. The Hall–Kier alpha value is -2.41. The number of anilines is 1. The Morgan fingerprint density at radius 1 is 1.06 bits per heavy atom. The first kappa shape index (κ1) is 22.4. The van der Waals surface area contributed by atoms with Crippen molar-refractivity contribution >= 4 is 66.6 Å². The fourth-order valence-electron chi connectivity index (χ4n) is 4.82. The number of hydrogen-bond acceptors (Lipinski definition) is 5. The number of nitrogens with zero attached hydrogens (tertiary/aromatic N) is 2. The minimum atomic E-state index is -0.803. The lowest BCUT2D eigenvalue weighted by Gasteiger charge is -2.34. The molecule has 0 amide bonds. The second kappa shape index (κ2) is 9.09. The lowest BCUT2D eigenvalue weighted by Crippen LogP contribution is -2.34. The SMILES string of the molecule is O=C(O)CC1(c2nc(NCc3ccc(Cl)c(Cl)c3)c3c(n2)sc2ccccc23)CCCCC1. The number of aliphatic carboxylic acids is 1. The van der Waals surface area contributed by atoms with Gasteiger partial charge in [-0.15, -0.1) is 11.3 Å². The van der Waals surface area contributed by atoms with Gasteiger partial charge in [-0.05, 0) is 36.6 Å². The number of aromatic nitrogens is 2. The van der Waals surface area contributed by atoms with Crippen molar-refractivity contribution in [2.45, 2.75) is 50.5 Å². The average Bonchev–Trinajstić information content (AvgIpc) is 3.18. The molecule has 0 spiro atoms. The molecule has 0 bridgehead atoms. The van der Waals surface area contributed by atoms with Gasteiger partial charge in [0, 0.05) is 22.0 Å². The Balaban J connectivity index is 1.63. The third-order valence-corrected chi connectivity index (χ3v) is 8.26. The Morgan fingerprint density at radius 3 is 2.61 bits per heavy atom. The van der Waals surface area contributed by atoms with Crippen molar-refractivity contribution in [3.63, 3.8) is 0 Å². The highest BCUT2D eigenvalue weighted by Crippen LogP contribution is 2.44. The van der Waals surface area contributed by atoms with Crippen LogP contribution in [0.2, 0.25) is 10.0 Å². The number of carboxylic acids is 1. The van der Waals surface area contributed by atoms with Gasteiger partial charge in [0.15, 0.2) is 0 Å². The molecular weight excluding hydrogens is 477 g/mol. The van der Waals surface area contributed by atoms with Crippen molar-refractivity contribution in [1.29, 1.82) is 0 Å². The normalized spacial score (nSPS) is 15.7. The zero-order chi connectivity index (χ0) is 23.0. The van der Waals surface area contributed by atoms with Gasteiger partial charge in [-0.3, -0.25) is 4.79 Å². The molecule has 0 radical (unpaired) electrons. The van der Waals surface area contributed by atoms with Crippen molar-refractivity contribution in [3.8, 4) is 0 Å². The molecule has 2 aromatic carbocycles. The molecular formula is C25H23Cl2N3O2S. The topological polar surface area (TPSA) is 75.1 Å². The summed E-state index contributed by atoms with van der Waals surface area (Å²) < 4.78 is 1.13. The number of rotatable bonds is 6. The number of halogens is 2. The van der Waals surface area contributed by atoms with Crippen LogP contribution in [0.5, 0.6) is 0 Å². The molecule has 0 saturated heterocycles. The van der Waals surface area contributed by atoms with Gasteiger partial charge in [0.2, 0.25) is 0 Å². The molecule has 170 valence electrons. The summed E-state index contributed by atoms with van der Waals surface area (Å²) in [6, 6.07) is 13.7. The first-order valence-electron chi connectivity index (χ1n) is 11.0. The quantitative estimate of drug-likeness (QED) is 0.288. The fraction of sp³-hybridized carbons (Fsp3) is 0.320. The summed E-state index contributed by atoms with van der Waals surface area (Å²) in [5.74, 6) is 0.566.